The Labute approximate surface area is 119 Å². The number of benzene rings is 2. The van der Waals surface area contributed by atoms with Crippen LogP contribution in [0.5, 0.6) is 17.2 Å². The van der Waals surface area contributed by atoms with E-state index in [0.29, 0.717) is 6.54 Å². The maximum absolute atomic E-state index is 9.40. The normalized spacial score (nSPS) is 10.3. The second-order valence-electron chi connectivity index (χ2n) is 4.46. The van der Waals surface area contributed by atoms with Crippen LogP contribution in [-0.4, -0.2) is 19.3 Å². The van der Waals surface area contributed by atoms with Crippen LogP contribution in [0.15, 0.2) is 42.5 Å². The number of aromatic hydroxyl groups is 1. The van der Waals surface area contributed by atoms with Crippen molar-refractivity contribution >= 4 is 0 Å². The Morgan fingerprint density at radius 3 is 2.25 bits per heavy atom. The molecule has 0 aliphatic heterocycles. The zero-order chi connectivity index (χ0) is 14.4. The molecule has 4 heteroatoms. The molecule has 0 bridgehead atoms. The number of hydrogen-bond acceptors (Lipinski definition) is 4. The van der Waals surface area contributed by atoms with E-state index in [0.717, 1.165) is 29.2 Å². The summed E-state index contributed by atoms with van der Waals surface area (Å²) in [5, 5.41) is 12.7. The molecule has 2 aromatic rings. The first kappa shape index (κ1) is 14.2. The van der Waals surface area contributed by atoms with Gasteiger partial charge in [-0.15, -0.1) is 0 Å². The van der Waals surface area contributed by atoms with Crippen molar-refractivity contribution in [3.8, 4) is 17.2 Å². The highest BCUT2D eigenvalue weighted by atomic mass is 16.5. The average Bonchev–Trinajstić information content (AvgIpc) is 2.47. The van der Waals surface area contributed by atoms with E-state index in [1.54, 1.807) is 26.4 Å². The van der Waals surface area contributed by atoms with Crippen molar-refractivity contribution in [3.63, 3.8) is 0 Å². The third-order valence-electron chi connectivity index (χ3n) is 3.02. The Bertz CT molecular complexity index is 569. The van der Waals surface area contributed by atoms with Crippen LogP contribution in [0.2, 0.25) is 0 Å². The molecule has 0 unspecified atom stereocenters. The summed E-state index contributed by atoms with van der Waals surface area (Å²) in [6.45, 7) is 1.42. The van der Waals surface area contributed by atoms with E-state index in [9.17, 15) is 5.11 Å². The summed E-state index contributed by atoms with van der Waals surface area (Å²) in [7, 11) is 3.25. The molecule has 2 aromatic carbocycles. The van der Waals surface area contributed by atoms with Crippen LogP contribution in [0.1, 0.15) is 11.1 Å². The maximum Gasteiger partial charge on any atom is 0.161 e. The molecule has 0 heterocycles. The Kier molecular flexibility index (Phi) is 4.85. The first-order chi connectivity index (χ1) is 9.72. The fraction of sp³-hybridized carbons (Fsp3) is 0.250. The summed E-state index contributed by atoms with van der Waals surface area (Å²) in [5.74, 6) is 1.74. The lowest BCUT2D eigenvalue weighted by Gasteiger charge is -2.10. The van der Waals surface area contributed by atoms with Crippen molar-refractivity contribution in [2.24, 2.45) is 0 Å². The van der Waals surface area contributed by atoms with Crippen molar-refractivity contribution in [2.45, 2.75) is 13.1 Å². The molecule has 0 saturated carbocycles. The van der Waals surface area contributed by atoms with Gasteiger partial charge in [-0.25, -0.2) is 0 Å². The van der Waals surface area contributed by atoms with Crippen molar-refractivity contribution in [1.82, 2.24) is 5.32 Å². The third-order valence-corrected chi connectivity index (χ3v) is 3.02. The summed E-state index contributed by atoms with van der Waals surface area (Å²) < 4.78 is 10.5. The minimum absolute atomic E-state index is 0.287. The molecule has 0 aliphatic carbocycles. The van der Waals surface area contributed by atoms with Crippen LogP contribution in [0.25, 0.3) is 0 Å². The van der Waals surface area contributed by atoms with E-state index < -0.39 is 0 Å². The van der Waals surface area contributed by atoms with Gasteiger partial charge in [-0.1, -0.05) is 18.2 Å². The van der Waals surface area contributed by atoms with E-state index in [1.807, 2.05) is 30.3 Å². The molecule has 20 heavy (non-hydrogen) atoms. The van der Waals surface area contributed by atoms with E-state index in [1.165, 1.54) is 0 Å². The first-order valence-electron chi connectivity index (χ1n) is 6.42. The highest BCUT2D eigenvalue weighted by Gasteiger charge is 2.04. The molecular weight excluding hydrogens is 254 g/mol. The molecule has 0 aromatic heterocycles. The number of ether oxygens (including phenoxy) is 2. The van der Waals surface area contributed by atoms with Crippen molar-refractivity contribution < 1.29 is 14.6 Å². The Balaban J connectivity index is 1.94. The third kappa shape index (κ3) is 3.65. The Morgan fingerprint density at radius 1 is 0.900 bits per heavy atom. The van der Waals surface area contributed by atoms with Crippen molar-refractivity contribution in [1.29, 1.82) is 0 Å². The second kappa shape index (κ2) is 6.82. The quantitative estimate of drug-likeness (QED) is 0.849. The van der Waals surface area contributed by atoms with E-state index in [-0.39, 0.29) is 5.75 Å². The van der Waals surface area contributed by atoms with Gasteiger partial charge in [0.1, 0.15) is 5.75 Å². The molecule has 0 atom stereocenters. The SMILES string of the molecule is COc1ccc(CNCc2cccc(O)c2)cc1OC. The van der Waals surface area contributed by atoms with Crippen LogP contribution in [0.4, 0.5) is 0 Å². The second-order valence-corrected chi connectivity index (χ2v) is 4.46. The van der Waals surface area contributed by atoms with E-state index in [4.69, 9.17) is 9.47 Å². The molecule has 2 N–H and O–H groups in total. The van der Waals surface area contributed by atoms with Crippen LogP contribution in [-0.2, 0) is 13.1 Å². The molecule has 0 aliphatic rings. The molecule has 0 saturated heterocycles. The fourth-order valence-corrected chi connectivity index (χ4v) is 2.01. The predicted molar refractivity (Wildman–Crippen MR) is 78.2 cm³/mol. The van der Waals surface area contributed by atoms with Gasteiger partial charge in [-0.05, 0) is 35.4 Å². The van der Waals surface area contributed by atoms with Gasteiger partial charge in [-0.2, -0.15) is 0 Å². The van der Waals surface area contributed by atoms with Gasteiger partial charge in [0.25, 0.3) is 0 Å². The number of rotatable bonds is 6. The Hall–Kier alpha value is -2.20. The lowest BCUT2D eigenvalue weighted by Crippen LogP contribution is -2.12. The molecule has 106 valence electrons. The summed E-state index contributed by atoms with van der Waals surface area (Å²) in [6, 6.07) is 13.1. The molecule has 0 spiro atoms. The molecule has 0 radical (unpaired) electrons. The predicted octanol–water partition coefficient (Wildman–Crippen LogP) is 2.70. The number of nitrogens with one attached hydrogen (secondary N) is 1. The number of phenolic OH excluding ortho intramolecular Hbond substituents is 1. The van der Waals surface area contributed by atoms with Crippen LogP contribution < -0.4 is 14.8 Å². The fourth-order valence-electron chi connectivity index (χ4n) is 2.01. The lowest BCUT2D eigenvalue weighted by atomic mass is 10.2. The van der Waals surface area contributed by atoms with Crippen molar-refractivity contribution in [3.05, 3.63) is 53.6 Å². The van der Waals surface area contributed by atoms with Crippen LogP contribution >= 0.6 is 0 Å². The van der Waals surface area contributed by atoms with Crippen LogP contribution in [0, 0.1) is 0 Å². The number of phenols is 1. The van der Waals surface area contributed by atoms with Gasteiger partial charge in [0.15, 0.2) is 11.5 Å². The summed E-state index contributed by atoms with van der Waals surface area (Å²) in [4.78, 5) is 0. The van der Waals surface area contributed by atoms with Crippen molar-refractivity contribution in [2.75, 3.05) is 14.2 Å². The molecule has 2 rings (SSSR count). The van der Waals surface area contributed by atoms with Gasteiger partial charge in [0.2, 0.25) is 0 Å². The molecule has 0 fully saturated rings. The topological polar surface area (TPSA) is 50.7 Å². The minimum atomic E-state index is 0.287. The molecular formula is C16H19NO3. The van der Waals surface area contributed by atoms with Gasteiger partial charge in [0.05, 0.1) is 14.2 Å². The van der Waals surface area contributed by atoms with E-state index >= 15 is 0 Å². The first-order valence-corrected chi connectivity index (χ1v) is 6.42. The standard InChI is InChI=1S/C16H19NO3/c1-19-15-7-6-13(9-16(15)20-2)11-17-10-12-4-3-5-14(18)8-12/h3-9,17-18H,10-11H2,1-2H3. The zero-order valence-electron chi connectivity index (χ0n) is 11.7. The molecule has 0 amide bonds. The number of hydrogen-bond donors (Lipinski definition) is 2. The Morgan fingerprint density at radius 2 is 1.60 bits per heavy atom. The van der Waals surface area contributed by atoms with Gasteiger partial charge < -0.3 is 19.9 Å². The minimum Gasteiger partial charge on any atom is -0.508 e. The smallest absolute Gasteiger partial charge is 0.161 e. The number of methoxy groups -OCH3 is 2. The van der Waals surface area contributed by atoms with Gasteiger partial charge >= 0.3 is 0 Å². The summed E-state index contributed by atoms with van der Waals surface area (Å²) in [5.41, 5.74) is 2.16. The average molecular weight is 273 g/mol. The lowest BCUT2D eigenvalue weighted by molar-refractivity contribution is 0.354. The molecule has 4 nitrogen and oxygen atoms in total. The maximum atomic E-state index is 9.40. The van der Waals surface area contributed by atoms with E-state index in [2.05, 4.69) is 5.32 Å². The van der Waals surface area contributed by atoms with Gasteiger partial charge in [0, 0.05) is 13.1 Å². The van der Waals surface area contributed by atoms with Gasteiger partial charge in [-0.3, -0.25) is 0 Å². The summed E-state index contributed by atoms with van der Waals surface area (Å²) in [6.07, 6.45) is 0. The highest BCUT2D eigenvalue weighted by molar-refractivity contribution is 5.42. The zero-order valence-corrected chi connectivity index (χ0v) is 11.7. The summed E-state index contributed by atoms with van der Waals surface area (Å²) >= 11 is 0. The largest absolute Gasteiger partial charge is 0.508 e. The highest BCUT2D eigenvalue weighted by Crippen LogP contribution is 2.27. The monoisotopic (exact) mass is 273 g/mol. The van der Waals surface area contributed by atoms with Crippen LogP contribution in [0.3, 0.4) is 0 Å².